The van der Waals surface area contributed by atoms with Crippen LogP contribution in [-0.4, -0.2) is 15.8 Å². The van der Waals surface area contributed by atoms with E-state index in [4.69, 9.17) is 0 Å². The van der Waals surface area contributed by atoms with E-state index < -0.39 is 0 Å². The van der Waals surface area contributed by atoms with Crippen molar-refractivity contribution >= 4 is 12.2 Å². The van der Waals surface area contributed by atoms with Crippen LogP contribution >= 0.6 is 0 Å². The molecule has 2 heterocycles. The lowest BCUT2D eigenvalue weighted by atomic mass is 10.0. The molecule has 0 spiro atoms. The van der Waals surface area contributed by atoms with Gasteiger partial charge in [-0.15, -0.1) is 0 Å². The summed E-state index contributed by atoms with van der Waals surface area (Å²) in [6.07, 6.45) is 6.82. The first kappa shape index (κ1) is 7.53. The first-order valence-corrected chi connectivity index (χ1v) is 4.34. The molecule has 12 heavy (non-hydrogen) atoms. The molecule has 1 aliphatic rings. The average Bonchev–Trinajstić information content (AvgIpc) is 2.49. The fraction of sp³-hybridized carbons (Fsp3) is 0.556. The lowest BCUT2D eigenvalue weighted by Gasteiger charge is -2.24. The SMILES string of the molecule is CC(C)[C@@H]1CC=Nc2nccn21. The summed E-state index contributed by atoms with van der Waals surface area (Å²) in [5.74, 6) is 1.49. The van der Waals surface area contributed by atoms with Crippen molar-refractivity contribution in [2.75, 3.05) is 0 Å². The van der Waals surface area contributed by atoms with Crippen molar-refractivity contribution in [2.45, 2.75) is 26.3 Å². The molecule has 3 nitrogen and oxygen atoms in total. The highest BCUT2D eigenvalue weighted by Gasteiger charge is 2.19. The molecular weight excluding hydrogens is 150 g/mol. The van der Waals surface area contributed by atoms with Gasteiger partial charge in [0.05, 0.1) is 0 Å². The van der Waals surface area contributed by atoms with Gasteiger partial charge >= 0.3 is 0 Å². The molecule has 0 unspecified atom stereocenters. The molecule has 0 aliphatic carbocycles. The van der Waals surface area contributed by atoms with E-state index >= 15 is 0 Å². The number of nitrogens with zero attached hydrogens (tertiary/aromatic N) is 3. The zero-order chi connectivity index (χ0) is 8.55. The maximum Gasteiger partial charge on any atom is 0.229 e. The average molecular weight is 163 g/mol. The van der Waals surface area contributed by atoms with Crippen molar-refractivity contribution in [3.8, 4) is 0 Å². The van der Waals surface area contributed by atoms with E-state index in [1.165, 1.54) is 0 Å². The molecule has 0 saturated heterocycles. The number of hydrogen-bond acceptors (Lipinski definition) is 2. The predicted molar refractivity (Wildman–Crippen MR) is 48.9 cm³/mol. The summed E-state index contributed by atoms with van der Waals surface area (Å²) in [7, 11) is 0. The molecular formula is C9H13N3. The van der Waals surface area contributed by atoms with Crippen molar-refractivity contribution < 1.29 is 0 Å². The van der Waals surface area contributed by atoms with Gasteiger partial charge in [-0.05, 0) is 5.92 Å². The van der Waals surface area contributed by atoms with E-state index in [-0.39, 0.29) is 0 Å². The van der Waals surface area contributed by atoms with Gasteiger partial charge in [0, 0.05) is 31.1 Å². The lowest BCUT2D eigenvalue weighted by molar-refractivity contribution is 0.387. The second kappa shape index (κ2) is 2.73. The minimum Gasteiger partial charge on any atom is -0.312 e. The van der Waals surface area contributed by atoms with Gasteiger partial charge in [0.2, 0.25) is 5.95 Å². The molecule has 2 rings (SSSR count). The Balaban J connectivity index is 2.38. The molecule has 0 N–H and O–H groups in total. The normalized spacial score (nSPS) is 21.4. The van der Waals surface area contributed by atoms with Gasteiger partial charge in [-0.25, -0.2) is 9.98 Å². The van der Waals surface area contributed by atoms with Crippen LogP contribution in [0.2, 0.25) is 0 Å². The van der Waals surface area contributed by atoms with E-state index in [1.54, 1.807) is 0 Å². The summed E-state index contributed by atoms with van der Waals surface area (Å²) in [6, 6.07) is 0.542. The molecule has 0 bridgehead atoms. The summed E-state index contributed by atoms with van der Waals surface area (Å²) < 4.78 is 2.16. The van der Waals surface area contributed by atoms with Gasteiger partial charge in [0.1, 0.15) is 0 Å². The third-order valence-corrected chi connectivity index (χ3v) is 2.33. The molecule has 3 heteroatoms. The van der Waals surface area contributed by atoms with Gasteiger partial charge < -0.3 is 4.57 Å². The van der Waals surface area contributed by atoms with Crippen LogP contribution < -0.4 is 0 Å². The van der Waals surface area contributed by atoms with E-state index in [0.717, 1.165) is 12.4 Å². The van der Waals surface area contributed by atoms with Crippen LogP contribution in [0.25, 0.3) is 0 Å². The molecule has 1 aromatic rings. The molecule has 1 atom stereocenters. The number of hydrogen-bond donors (Lipinski definition) is 0. The Morgan fingerprint density at radius 2 is 2.42 bits per heavy atom. The number of rotatable bonds is 1. The summed E-state index contributed by atoms with van der Waals surface area (Å²) in [5.41, 5.74) is 0. The Bertz CT molecular complexity index is 298. The molecule has 1 aromatic heterocycles. The van der Waals surface area contributed by atoms with Gasteiger partial charge in [0.15, 0.2) is 0 Å². The number of fused-ring (bicyclic) bond motifs is 1. The third kappa shape index (κ3) is 1.05. The van der Waals surface area contributed by atoms with E-state index in [1.807, 2.05) is 18.6 Å². The van der Waals surface area contributed by atoms with Gasteiger partial charge in [-0.1, -0.05) is 13.8 Å². The maximum atomic E-state index is 4.21. The quantitative estimate of drug-likeness (QED) is 0.624. The zero-order valence-corrected chi connectivity index (χ0v) is 7.44. The molecule has 0 saturated carbocycles. The first-order valence-electron chi connectivity index (χ1n) is 4.34. The minimum absolute atomic E-state index is 0.542. The van der Waals surface area contributed by atoms with E-state index in [9.17, 15) is 0 Å². The molecule has 0 aromatic carbocycles. The largest absolute Gasteiger partial charge is 0.312 e. The fourth-order valence-corrected chi connectivity index (χ4v) is 1.61. The Labute approximate surface area is 72.1 Å². The monoisotopic (exact) mass is 163 g/mol. The predicted octanol–water partition coefficient (Wildman–Crippen LogP) is 2.19. The van der Waals surface area contributed by atoms with Crippen molar-refractivity contribution in [3.63, 3.8) is 0 Å². The van der Waals surface area contributed by atoms with Gasteiger partial charge in [-0.2, -0.15) is 0 Å². The van der Waals surface area contributed by atoms with Crippen molar-refractivity contribution in [1.82, 2.24) is 9.55 Å². The molecule has 64 valence electrons. The van der Waals surface area contributed by atoms with Gasteiger partial charge in [-0.3, -0.25) is 0 Å². The van der Waals surface area contributed by atoms with Crippen LogP contribution in [0.15, 0.2) is 17.4 Å². The Morgan fingerprint density at radius 1 is 1.58 bits per heavy atom. The second-order valence-corrected chi connectivity index (χ2v) is 3.49. The van der Waals surface area contributed by atoms with E-state index in [0.29, 0.717) is 12.0 Å². The highest BCUT2D eigenvalue weighted by atomic mass is 15.2. The van der Waals surface area contributed by atoms with E-state index in [2.05, 4.69) is 28.4 Å². The number of imidazole rings is 1. The fourth-order valence-electron chi connectivity index (χ4n) is 1.61. The highest BCUT2D eigenvalue weighted by Crippen LogP contribution is 2.28. The van der Waals surface area contributed by atoms with Crippen molar-refractivity contribution in [1.29, 1.82) is 0 Å². The Kier molecular flexibility index (Phi) is 1.71. The molecule has 0 fully saturated rings. The first-order chi connectivity index (χ1) is 5.79. The standard InChI is InChI=1S/C9H13N3/c1-7(2)8-3-4-10-9-11-5-6-12(8)9/h4-8H,3H2,1-2H3/t8-/m0/s1. The lowest BCUT2D eigenvalue weighted by Crippen LogP contribution is -2.17. The number of aliphatic imine (C=N–C) groups is 1. The van der Waals surface area contributed by atoms with Crippen LogP contribution in [0.4, 0.5) is 5.95 Å². The highest BCUT2D eigenvalue weighted by molar-refractivity contribution is 5.63. The zero-order valence-electron chi connectivity index (χ0n) is 7.44. The summed E-state index contributed by atoms with van der Waals surface area (Å²) in [5, 5.41) is 0. The summed E-state index contributed by atoms with van der Waals surface area (Å²) in [6.45, 7) is 4.46. The smallest absolute Gasteiger partial charge is 0.229 e. The maximum absolute atomic E-state index is 4.21. The van der Waals surface area contributed by atoms with Crippen molar-refractivity contribution in [2.24, 2.45) is 10.9 Å². The van der Waals surface area contributed by atoms with Crippen molar-refractivity contribution in [3.05, 3.63) is 12.4 Å². The second-order valence-electron chi connectivity index (χ2n) is 3.49. The Morgan fingerprint density at radius 3 is 3.17 bits per heavy atom. The van der Waals surface area contributed by atoms with Crippen LogP contribution in [0.1, 0.15) is 26.3 Å². The van der Waals surface area contributed by atoms with Crippen LogP contribution in [-0.2, 0) is 0 Å². The van der Waals surface area contributed by atoms with Crippen LogP contribution in [0, 0.1) is 5.92 Å². The molecule has 0 radical (unpaired) electrons. The topological polar surface area (TPSA) is 30.2 Å². The van der Waals surface area contributed by atoms with Crippen LogP contribution in [0.5, 0.6) is 0 Å². The molecule has 1 aliphatic heterocycles. The van der Waals surface area contributed by atoms with Crippen LogP contribution in [0.3, 0.4) is 0 Å². The number of aromatic nitrogens is 2. The summed E-state index contributed by atoms with van der Waals surface area (Å²) >= 11 is 0. The Hall–Kier alpha value is -1.12. The summed E-state index contributed by atoms with van der Waals surface area (Å²) in [4.78, 5) is 8.37. The third-order valence-electron chi connectivity index (χ3n) is 2.33. The molecule has 0 amide bonds. The minimum atomic E-state index is 0.542. The van der Waals surface area contributed by atoms with Gasteiger partial charge in [0.25, 0.3) is 0 Å².